The van der Waals surface area contributed by atoms with Crippen LogP contribution >= 0.6 is 0 Å². The van der Waals surface area contributed by atoms with Gasteiger partial charge in [-0.3, -0.25) is 0 Å². The molecule has 1 aliphatic heterocycles. The molecular weight excluding hydrogens is 260 g/mol. The Balaban J connectivity index is 1.89. The number of rotatable bonds is 8. The smallest absolute Gasteiger partial charge is 0.0702 e. The fraction of sp³-hybridized carbons (Fsp3) is 0.667. The monoisotopic (exact) mass is 290 g/mol. The highest BCUT2D eigenvalue weighted by Gasteiger charge is 2.27. The van der Waals surface area contributed by atoms with E-state index in [0.717, 1.165) is 32.5 Å². The third-order valence-electron chi connectivity index (χ3n) is 4.52. The molecule has 1 fully saturated rings. The maximum atomic E-state index is 5.69. The number of nitrogens with zero attached hydrogens (tertiary/aromatic N) is 1. The summed E-state index contributed by atoms with van der Waals surface area (Å²) < 4.78 is 5.69. The Morgan fingerprint density at radius 3 is 2.71 bits per heavy atom. The molecule has 3 atom stereocenters. The van der Waals surface area contributed by atoms with Gasteiger partial charge < -0.3 is 15.0 Å². The minimum Gasteiger partial charge on any atom is -0.377 e. The summed E-state index contributed by atoms with van der Waals surface area (Å²) in [5, 5.41) is 3.68. The van der Waals surface area contributed by atoms with Crippen molar-refractivity contribution in [3.05, 3.63) is 35.9 Å². The van der Waals surface area contributed by atoms with Gasteiger partial charge in [0.15, 0.2) is 0 Å². The van der Waals surface area contributed by atoms with Crippen LogP contribution in [0.15, 0.2) is 30.3 Å². The van der Waals surface area contributed by atoms with Gasteiger partial charge in [-0.2, -0.15) is 0 Å². The van der Waals surface area contributed by atoms with Gasteiger partial charge >= 0.3 is 0 Å². The van der Waals surface area contributed by atoms with Crippen molar-refractivity contribution in [1.29, 1.82) is 0 Å². The first-order valence-corrected chi connectivity index (χ1v) is 8.32. The van der Waals surface area contributed by atoms with E-state index >= 15 is 0 Å². The summed E-state index contributed by atoms with van der Waals surface area (Å²) >= 11 is 0. The van der Waals surface area contributed by atoms with Crippen molar-refractivity contribution in [2.24, 2.45) is 0 Å². The Hall–Kier alpha value is -0.900. The van der Waals surface area contributed by atoms with E-state index in [1.54, 1.807) is 0 Å². The van der Waals surface area contributed by atoms with E-state index in [4.69, 9.17) is 4.74 Å². The molecule has 0 aliphatic carbocycles. The highest BCUT2D eigenvalue weighted by Crippen LogP contribution is 2.21. The van der Waals surface area contributed by atoms with Crippen molar-refractivity contribution in [1.82, 2.24) is 10.2 Å². The SMILES string of the molecule is CCCNC(CCN(C)C1CCOC1C)c1ccccc1. The van der Waals surface area contributed by atoms with Gasteiger partial charge in [-0.15, -0.1) is 0 Å². The molecule has 1 N–H and O–H groups in total. The van der Waals surface area contributed by atoms with E-state index in [0.29, 0.717) is 18.2 Å². The van der Waals surface area contributed by atoms with Gasteiger partial charge in [0, 0.05) is 25.2 Å². The predicted octanol–water partition coefficient (Wildman–Crippen LogP) is 3.23. The van der Waals surface area contributed by atoms with Crippen LogP contribution in [0.25, 0.3) is 0 Å². The molecule has 3 unspecified atom stereocenters. The molecule has 118 valence electrons. The van der Waals surface area contributed by atoms with Crippen LogP contribution in [0.1, 0.15) is 44.7 Å². The first kappa shape index (κ1) is 16.5. The zero-order chi connectivity index (χ0) is 15.1. The maximum absolute atomic E-state index is 5.69. The van der Waals surface area contributed by atoms with E-state index in [1.807, 2.05) is 0 Å². The lowest BCUT2D eigenvalue weighted by molar-refractivity contribution is 0.0823. The zero-order valence-electron chi connectivity index (χ0n) is 13.7. The summed E-state index contributed by atoms with van der Waals surface area (Å²) in [6.07, 6.45) is 3.85. The summed E-state index contributed by atoms with van der Waals surface area (Å²) in [4.78, 5) is 2.47. The number of ether oxygens (including phenoxy) is 1. The van der Waals surface area contributed by atoms with E-state index < -0.39 is 0 Å². The van der Waals surface area contributed by atoms with Gasteiger partial charge in [-0.25, -0.2) is 0 Å². The van der Waals surface area contributed by atoms with Crippen LogP contribution in [0, 0.1) is 0 Å². The van der Waals surface area contributed by atoms with Gasteiger partial charge in [-0.1, -0.05) is 37.3 Å². The molecule has 0 bridgehead atoms. The second-order valence-corrected chi connectivity index (χ2v) is 6.12. The lowest BCUT2D eigenvalue weighted by Gasteiger charge is -2.29. The number of nitrogens with one attached hydrogen (secondary N) is 1. The Morgan fingerprint density at radius 2 is 2.10 bits per heavy atom. The highest BCUT2D eigenvalue weighted by molar-refractivity contribution is 5.18. The predicted molar refractivity (Wildman–Crippen MR) is 88.5 cm³/mol. The lowest BCUT2D eigenvalue weighted by atomic mass is 10.0. The molecule has 2 rings (SSSR count). The van der Waals surface area contributed by atoms with Gasteiger partial charge in [0.2, 0.25) is 0 Å². The molecular formula is C18H30N2O. The van der Waals surface area contributed by atoms with Crippen molar-refractivity contribution < 1.29 is 4.74 Å². The average molecular weight is 290 g/mol. The molecule has 1 saturated heterocycles. The molecule has 3 nitrogen and oxygen atoms in total. The van der Waals surface area contributed by atoms with E-state index in [1.165, 1.54) is 12.0 Å². The van der Waals surface area contributed by atoms with Crippen molar-refractivity contribution in [2.75, 3.05) is 26.7 Å². The van der Waals surface area contributed by atoms with Gasteiger partial charge in [0.1, 0.15) is 0 Å². The second kappa shape index (κ2) is 8.52. The van der Waals surface area contributed by atoms with Crippen molar-refractivity contribution in [3.8, 4) is 0 Å². The highest BCUT2D eigenvalue weighted by atomic mass is 16.5. The van der Waals surface area contributed by atoms with E-state index in [-0.39, 0.29) is 0 Å². The quantitative estimate of drug-likeness (QED) is 0.795. The number of hydrogen-bond acceptors (Lipinski definition) is 3. The van der Waals surface area contributed by atoms with Crippen LogP contribution in [-0.2, 0) is 4.74 Å². The second-order valence-electron chi connectivity index (χ2n) is 6.12. The van der Waals surface area contributed by atoms with Gasteiger partial charge in [0.25, 0.3) is 0 Å². The summed E-state index contributed by atoms with van der Waals surface area (Å²) in [6.45, 7) is 7.50. The van der Waals surface area contributed by atoms with Crippen LogP contribution in [0.5, 0.6) is 0 Å². The molecule has 0 radical (unpaired) electrons. The first-order chi connectivity index (χ1) is 10.2. The Labute approximate surface area is 129 Å². The molecule has 0 spiro atoms. The Bertz CT molecular complexity index is 395. The van der Waals surface area contributed by atoms with Crippen molar-refractivity contribution in [2.45, 2.75) is 51.3 Å². The summed E-state index contributed by atoms with van der Waals surface area (Å²) in [5.74, 6) is 0. The van der Waals surface area contributed by atoms with Crippen LogP contribution in [0.2, 0.25) is 0 Å². The topological polar surface area (TPSA) is 24.5 Å². The molecule has 1 aromatic rings. The molecule has 1 aromatic carbocycles. The summed E-state index contributed by atoms with van der Waals surface area (Å²) in [6, 6.07) is 11.8. The van der Waals surface area contributed by atoms with E-state index in [9.17, 15) is 0 Å². The Kier molecular flexibility index (Phi) is 6.68. The zero-order valence-corrected chi connectivity index (χ0v) is 13.7. The van der Waals surface area contributed by atoms with Gasteiger partial charge in [-0.05, 0) is 45.3 Å². The first-order valence-electron chi connectivity index (χ1n) is 8.32. The number of hydrogen-bond donors (Lipinski definition) is 1. The fourth-order valence-electron chi connectivity index (χ4n) is 3.19. The molecule has 21 heavy (non-hydrogen) atoms. The van der Waals surface area contributed by atoms with Gasteiger partial charge in [0.05, 0.1) is 6.10 Å². The maximum Gasteiger partial charge on any atom is 0.0702 e. The normalized spacial score (nSPS) is 23.6. The lowest BCUT2D eigenvalue weighted by Crippen LogP contribution is -2.38. The van der Waals surface area contributed by atoms with Crippen LogP contribution < -0.4 is 5.32 Å². The summed E-state index contributed by atoms with van der Waals surface area (Å²) in [7, 11) is 2.23. The molecule has 0 aromatic heterocycles. The fourth-order valence-corrected chi connectivity index (χ4v) is 3.19. The third-order valence-corrected chi connectivity index (χ3v) is 4.52. The van der Waals surface area contributed by atoms with Crippen LogP contribution in [-0.4, -0.2) is 43.8 Å². The molecule has 1 heterocycles. The Morgan fingerprint density at radius 1 is 1.33 bits per heavy atom. The largest absolute Gasteiger partial charge is 0.377 e. The standard InChI is InChI=1S/C18H30N2O/c1-4-12-19-17(16-8-6-5-7-9-16)10-13-20(3)18-11-14-21-15(18)2/h5-9,15,17-19H,4,10-14H2,1-3H3. The van der Waals surface area contributed by atoms with Crippen molar-refractivity contribution >= 4 is 0 Å². The molecule has 0 amide bonds. The minimum atomic E-state index is 0.369. The summed E-state index contributed by atoms with van der Waals surface area (Å²) in [5.41, 5.74) is 1.40. The average Bonchev–Trinajstić information content (AvgIpc) is 2.94. The molecule has 0 saturated carbocycles. The molecule has 1 aliphatic rings. The van der Waals surface area contributed by atoms with Crippen LogP contribution in [0.3, 0.4) is 0 Å². The third kappa shape index (κ3) is 4.80. The minimum absolute atomic E-state index is 0.369. The van der Waals surface area contributed by atoms with E-state index in [2.05, 4.69) is 61.4 Å². The van der Waals surface area contributed by atoms with Crippen molar-refractivity contribution in [3.63, 3.8) is 0 Å². The van der Waals surface area contributed by atoms with Crippen LogP contribution in [0.4, 0.5) is 0 Å². The number of benzene rings is 1. The number of likely N-dealkylation sites (N-methyl/N-ethyl adjacent to an activating group) is 1. The molecule has 3 heteroatoms.